The second kappa shape index (κ2) is 7.10. The molecule has 0 aliphatic heterocycles. The van der Waals surface area contributed by atoms with Crippen LogP contribution in [-0.2, 0) is 0 Å². The third-order valence-electron chi connectivity index (χ3n) is 2.83. The number of aliphatic hydroxyl groups excluding tert-OH is 1. The molecule has 0 aliphatic rings. The van der Waals surface area contributed by atoms with Crippen molar-refractivity contribution in [2.75, 3.05) is 18.5 Å². The number of nitrogens with zero attached hydrogens (tertiary/aromatic N) is 2. The lowest BCUT2D eigenvalue weighted by molar-refractivity contribution is 0.248. The molecule has 0 saturated carbocycles. The first-order valence-corrected chi connectivity index (χ1v) is 6.97. The van der Waals surface area contributed by atoms with Gasteiger partial charge in [-0.15, -0.1) is 5.10 Å². The van der Waals surface area contributed by atoms with Crippen molar-refractivity contribution in [1.29, 1.82) is 0 Å². The topological polar surface area (TPSA) is 79.2 Å². The molecule has 21 heavy (non-hydrogen) atoms. The van der Waals surface area contributed by atoms with E-state index in [1.54, 1.807) is 16.8 Å². The number of carbonyl (C=O) groups excluding carboxylic acids is 1. The highest BCUT2D eigenvalue weighted by atomic mass is 35.5. The lowest BCUT2D eigenvalue weighted by Gasteiger charge is -2.06. The molecule has 7 heteroatoms. The summed E-state index contributed by atoms with van der Waals surface area (Å²) in [6.45, 7) is 2.33. The summed E-state index contributed by atoms with van der Waals surface area (Å²) in [7, 11) is 0. The molecule has 2 rings (SSSR count). The summed E-state index contributed by atoms with van der Waals surface area (Å²) in [5.41, 5.74) is 1.61. The Labute approximate surface area is 127 Å². The van der Waals surface area contributed by atoms with Crippen molar-refractivity contribution < 1.29 is 9.90 Å². The van der Waals surface area contributed by atoms with E-state index >= 15 is 0 Å². The lowest BCUT2D eigenvalue weighted by atomic mass is 10.3. The molecule has 2 amide bonds. The van der Waals surface area contributed by atoms with Crippen LogP contribution in [0.2, 0.25) is 5.02 Å². The van der Waals surface area contributed by atoms with Crippen molar-refractivity contribution in [2.24, 2.45) is 0 Å². The van der Waals surface area contributed by atoms with Crippen molar-refractivity contribution >= 4 is 23.4 Å². The molecule has 1 aromatic carbocycles. The fraction of sp³-hybridized carbons (Fsp3) is 0.286. The van der Waals surface area contributed by atoms with Gasteiger partial charge in [-0.05, 0) is 25.5 Å². The molecular formula is C14H17ClN4O2. The number of aromatic nitrogens is 2. The Morgan fingerprint density at radius 2 is 2.19 bits per heavy atom. The van der Waals surface area contributed by atoms with E-state index in [0.717, 1.165) is 11.4 Å². The summed E-state index contributed by atoms with van der Waals surface area (Å²) in [4.78, 5) is 11.6. The molecule has 0 spiro atoms. The Hall–Kier alpha value is -2.05. The largest absolute Gasteiger partial charge is 0.396 e. The number of hydrogen-bond donors (Lipinski definition) is 3. The Bertz CT molecular complexity index is 627. The van der Waals surface area contributed by atoms with E-state index in [1.165, 1.54) is 0 Å². The minimum absolute atomic E-state index is 0.0422. The van der Waals surface area contributed by atoms with Crippen LogP contribution >= 0.6 is 11.6 Å². The fourth-order valence-corrected chi connectivity index (χ4v) is 2.06. The fourth-order valence-electron chi connectivity index (χ4n) is 1.84. The quantitative estimate of drug-likeness (QED) is 0.742. The second-order valence-electron chi connectivity index (χ2n) is 4.49. The van der Waals surface area contributed by atoms with Crippen LogP contribution in [0.4, 0.5) is 10.6 Å². The van der Waals surface area contributed by atoms with E-state index in [1.807, 2.05) is 25.1 Å². The second-order valence-corrected chi connectivity index (χ2v) is 4.90. The van der Waals surface area contributed by atoms with Gasteiger partial charge in [0.15, 0.2) is 5.82 Å². The molecule has 112 valence electrons. The minimum Gasteiger partial charge on any atom is -0.396 e. The molecule has 6 nitrogen and oxygen atoms in total. The maximum Gasteiger partial charge on any atom is 0.320 e. The van der Waals surface area contributed by atoms with Crippen molar-refractivity contribution in [2.45, 2.75) is 13.3 Å². The number of aryl methyl sites for hydroxylation is 1. The van der Waals surface area contributed by atoms with Gasteiger partial charge in [0.2, 0.25) is 0 Å². The maximum absolute atomic E-state index is 11.6. The highest BCUT2D eigenvalue weighted by Gasteiger charge is 2.10. The first-order chi connectivity index (χ1) is 10.1. The average Bonchev–Trinajstić information content (AvgIpc) is 2.80. The molecule has 0 fully saturated rings. The number of urea groups is 1. The van der Waals surface area contributed by atoms with Gasteiger partial charge in [-0.3, -0.25) is 5.32 Å². The predicted octanol–water partition coefficient (Wildman–Crippen LogP) is 2.34. The van der Waals surface area contributed by atoms with Crippen molar-refractivity contribution in [3.63, 3.8) is 0 Å². The highest BCUT2D eigenvalue weighted by Crippen LogP contribution is 2.22. The predicted molar refractivity (Wildman–Crippen MR) is 82.0 cm³/mol. The standard InChI is InChI=1S/C14H17ClN4O2/c1-10-9-13(17-14(21)16-7-4-8-20)18-19(10)12-6-3-2-5-11(12)15/h2-3,5-6,9,20H,4,7-8H2,1H3,(H2,16,17,18,21). The van der Waals surface area contributed by atoms with Crippen LogP contribution in [0.15, 0.2) is 30.3 Å². The monoisotopic (exact) mass is 308 g/mol. The number of halogens is 1. The normalized spacial score (nSPS) is 10.4. The van der Waals surface area contributed by atoms with Crippen LogP contribution in [-0.4, -0.2) is 34.1 Å². The van der Waals surface area contributed by atoms with Crippen LogP contribution in [0.3, 0.4) is 0 Å². The summed E-state index contributed by atoms with van der Waals surface area (Å²) < 4.78 is 1.67. The molecule has 1 heterocycles. The summed E-state index contributed by atoms with van der Waals surface area (Å²) in [5.74, 6) is 0.439. The summed E-state index contributed by atoms with van der Waals surface area (Å²) in [6.07, 6.45) is 0.514. The van der Waals surface area contributed by atoms with Crippen molar-refractivity contribution in [3.05, 3.63) is 41.0 Å². The zero-order valence-corrected chi connectivity index (χ0v) is 12.4. The number of rotatable bonds is 5. The average molecular weight is 309 g/mol. The Morgan fingerprint density at radius 3 is 2.90 bits per heavy atom. The molecule has 0 atom stereocenters. The van der Waals surface area contributed by atoms with E-state index in [4.69, 9.17) is 16.7 Å². The van der Waals surface area contributed by atoms with Gasteiger partial charge < -0.3 is 10.4 Å². The van der Waals surface area contributed by atoms with E-state index in [9.17, 15) is 4.79 Å². The molecule has 0 saturated heterocycles. The number of nitrogens with one attached hydrogen (secondary N) is 2. The molecule has 2 aromatic rings. The number of para-hydroxylation sites is 1. The number of aliphatic hydroxyl groups is 1. The third-order valence-corrected chi connectivity index (χ3v) is 3.15. The van der Waals surface area contributed by atoms with Gasteiger partial charge in [0.25, 0.3) is 0 Å². The molecule has 0 radical (unpaired) electrons. The Kier molecular flexibility index (Phi) is 5.19. The van der Waals surface area contributed by atoms with Crippen LogP contribution < -0.4 is 10.6 Å². The third kappa shape index (κ3) is 3.96. The SMILES string of the molecule is Cc1cc(NC(=O)NCCCO)nn1-c1ccccc1Cl. The van der Waals surface area contributed by atoms with Crippen molar-refractivity contribution in [3.8, 4) is 5.69 Å². The maximum atomic E-state index is 11.6. The Balaban J connectivity index is 2.09. The first-order valence-electron chi connectivity index (χ1n) is 6.59. The molecular weight excluding hydrogens is 292 g/mol. The summed E-state index contributed by atoms with van der Waals surface area (Å²) in [6, 6.07) is 8.76. The van der Waals surface area contributed by atoms with Gasteiger partial charge in [-0.25, -0.2) is 9.48 Å². The number of benzene rings is 1. The van der Waals surface area contributed by atoms with Crippen LogP contribution in [0.5, 0.6) is 0 Å². The molecule has 0 aliphatic carbocycles. The van der Waals surface area contributed by atoms with E-state index in [2.05, 4.69) is 15.7 Å². The molecule has 1 aromatic heterocycles. The van der Waals surface area contributed by atoms with Crippen LogP contribution in [0.1, 0.15) is 12.1 Å². The molecule has 0 bridgehead atoms. The number of carbonyl (C=O) groups is 1. The molecule has 3 N–H and O–H groups in total. The molecule has 0 unspecified atom stereocenters. The van der Waals surface area contributed by atoms with Gasteiger partial charge in [-0.2, -0.15) is 0 Å². The number of hydrogen-bond acceptors (Lipinski definition) is 3. The first kappa shape index (κ1) is 15.3. The van der Waals surface area contributed by atoms with Crippen LogP contribution in [0.25, 0.3) is 5.69 Å². The van der Waals surface area contributed by atoms with Gasteiger partial charge >= 0.3 is 6.03 Å². The highest BCUT2D eigenvalue weighted by molar-refractivity contribution is 6.32. The van der Waals surface area contributed by atoms with E-state index < -0.39 is 0 Å². The summed E-state index contributed by atoms with van der Waals surface area (Å²) in [5, 5.41) is 18.8. The van der Waals surface area contributed by atoms with Gasteiger partial charge in [0.1, 0.15) is 0 Å². The lowest BCUT2D eigenvalue weighted by Crippen LogP contribution is -2.30. The van der Waals surface area contributed by atoms with Gasteiger partial charge in [0, 0.05) is 24.9 Å². The Morgan fingerprint density at radius 1 is 1.43 bits per heavy atom. The van der Waals surface area contributed by atoms with E-state index in [-0.39, 0.29) is 12.6 Å². The zero-order chi connectivity index (χ0) is 15.2. The number of anilines is 1. The van der Waals surface area contributed by atoms with Crippen LogP contribution in [0, 0.1) is 6.92 Å². The smallest absolute Gasteiger partial charge is 0.320 e. The minimum atomic E-state index is -0.354. The van der Waals surface area contributed by atoms with Crippen molar-refractivity contribution in [1.82, 2.24) is 15.1 Å². The van der Waals surface area contributed by atoms with E-state index in [0.29, 0.717) is 23.8 Å². The zero-order valence-electron chi connectivity index (χ0n) is 11.6. The van der Waals surface area contributed by atoms with Gasteiger partial charge in [0.05, 0.1) is 10.7 Å². The number of amides is 2. The summed E-state index contributed by atoms with van der Waals surface area (Å²) >= 11 is 6.15. The van der Waals surface area contributed by atoms with Gasteiger partial charge in [-0.1, -0.05) is 23.7 Å².